The van der Waals surface area contributed by atoms with Crippen molar-refractivity contribution >= 4 is 29.6 Å². The number of rotatable bonds is 12. The lowest BCUT2D eigenvalue weighted by atomic mass is 10.1. The maximum atomic E-state index is 13.0. The largest absolute Gasteiger partial charge is 0.508 e. The van der Waals surface area contributed by atoms with E-state index < -0.39 is 60.4 Å². The third kappa shape index (κ3) is 7.93. The molecule has 192 valence electrons. The van der Waals surface area contributed by atoms with E-state index in [9.17, 15) is 39.3 Å². The molecule has 1 saturated heterocycles. The van der Waals surface area contributed by atoms with E-state index in [0.717, 1.165) is 4.90 Å². The van der Waals surface area contributed by atoms with Gasteiger partial charge in [0.2, 0.25) is 23.6 Å². The normalized spacial score (nSPS) is 17.8. The van der Waals surface area contributed by atoms with Crippen molar-refractivity contribution in [2.75, 3.05) is 13.2 Å². The molecular weight excluding hydrogens is 462 g/mol. The van der Waals surface area contributed by atoms with E-state index >= 15 is 0 Å². The van der Waals surface area contributed by atoms with Gasteiger partial charge in [0, 0.05) is 13.0 Å². The first kappa shape index (κ1) is 27.5. The number of hydrogen-bond acceptors (Lipinski definition) is 8. The van der Waals surface area contributed by atoms with Crippen LogP contribution in [0.4, 0.5) is 0 Å². The molecule has 35 heavy (non-hydrogen) atoms. The van der Waals surface area contributed by atoms with Gasteiger partial charge in [-0.05, 0) is 43.4 Å². The molecule has 0 aliphatic carbocycles. The second kappa shape index (κ2) is 12.7. The lowest BCUT2D eigenvalue weighted by Crippen LogP contribution is -2.58. The van der Waals surface area contributed by atoms with Crippen LogP contribution >= 0.6 is 0 Å². The molecule has 1 heterocycles. The predicted octanol–water partition coefficient (Wildman–Crippen LogP) is -2.43. The Balaban J connectivity index is 2.05. The summed E-state index contributed by atoms with van der Waals surface area (Å²) in [5.74, 6) is -4.20. The zero-order valence-electron chi connectivity index (χ0n) is 19.1. The number of nitrogens with one attached hydrogen (secondary N) is 2. The number of carbonyl (C=O) groups excluding carboxylic acids is 4. The van der Waals surface area contributed by atoms with Gasteiger partial charge in [-0.15, -0.1) is 0 Å². The zero-order valence-corrected chi connectivity index (χ0v) is 19.1. The summed E-state index contributed by atoms with van der Waals surface area (Å²) in [6, 6.07) is 1.16. The first-order chi connectivity index (χ1) is 16.5. The van der Waals surface area contributed by atoms with Crippen molar-refractivity contribution in [1.82, 2.24) is 15.5 Å². The maximum Gasteiger partial charge on any atom is 0.326 e. The van der Waals surface area contributed by atoms with E-state index in [2.05, 4.69) is 10.6 Å². The fraction of sp³-hybridized carbons (Fsp3) is 0.500. The van der Waals surface area contributed by atoms with Gasteiger partial charge in [0.15, 0.2) is 0 Å². The Morgan fingerprint density at radius 2 is 1.69 bits per heavy atom. The number of aliphatic carboxylic acids is 1. The molecule has 2 rings (SSSR count). The minimum atomic E-state index is -1.45. The molecule has 4 unspecified atom stereocenters. The number of carboxylic acids is 1. The molecule has 0 bridgehead atoms. The van der Waals surface area contributed by atoms with Crippen molar-refractivity contribution in [2.24, 2.45) is 11.5 Å². The van der Waals surface area contributed by atoms with E-state index in [1.165, 1.54) is 12.1 Å². The Kier molecular flexibility index (Phi) is 9.97. The standard InChI is InChI=1S/C22H31N5O8/c23-14(10-12-3-5-13(29)6-4-12)19(31)26-16(11-28)20(32)25-15(7-8-18(24)30)21(33)27-9-1-2-17(27)22(34)35/h3-6,14-17,28-29H,1-2,7-11,23H2,(H2,24,30)(H,25,32)(H,26,31)(H,34,35). The highest BCUT2D eigenvalue weighted by Crippen LogP contribution is 2.19. The number of hydrogen-bond donors (Lipinski definition) is 7. The van der Waals surface area contributed by atoms with Gasteiger partial charge >= 0.3 is 5.97 Å². The molecule has 1 aromatic rings. The summed E-state index contributed by atoms with van der Waals surface area (Å²) in [6.07, 6.45) is 0.376. The summed E-state index contributed by atoms with van der Waals surface area (Å²) in [4.78, 5) is 62.0. The van der Waals surface area contributed by atoms with Crippen molar-refractivity contribution in [1.29, 1.82) is 0 Å². The quantitative estimate of drug-likeness (QED) is 0.164. The summed E-state index contributed by atoms with van der Waals surface area (Å²) in [5, 5.41) is 33.0. The van der Waals surface area contributed by atoms with Gasteiger partial charge in [-0.2, -0.15) is 0 Å². The lowest BCUT2D eigenvalue weighted by Gasteiger charge is -2.28. The highest BCUT2D eigenvalue weighted by atomic mass is 16.4. The highest BCUT2D eigenvalue weighted by Gasteiger charge is 2.38. The third-order valence-corrected chi connectivity index (χ3v) is 5.66. The first-order valence-electron chi connectivity index (χ1n) is 11.1. The van der Waals surface area contributed by atoms with Crippen molar-refractivity contribution < 1.29 is 39.3 Å². The Hall–Kier alpha value is -3.71. The van der Waals surface area contributed by atoms with Crippen molar-refractivity contribution in [2.45, 2.75) is 56.3 Å². The fourth-order valence-electron chi connectivity index (χ4n) is 3.76. The number of primary amides is 1. The number of amides is 4. The molecule has 0 saturated carbocycles. The zero-order chi connectivity index (χ0) is 26.1. The summed E-state index contributed by atoms with van der Waals surface area (Å²) in [5.41, 5.74) is 11.7. The number of carboxylic acid groups (broad SMARTS) is 1. The number of nitrogens with two attached hydrogens (primary N) is 2. The molecule has 4 amide bonds. The molecule has 1 aromatic carbocycles. The van der Waals surface area contributed by atoms with Crippen LogP contribution in [0.5, 0.6) is 5.75 Å². The Bertz CT molecular complexity index is 938. The van der Waals surface area contributed by atoms with E-state index in [1.807, 2.05) is 0 Å². The number of aliphatic hydroxyl groups excluding tert-OH is 1. The highest BCUT2D eigenvalue weighted by molar-refractivity contribution is 5.94. The maximum absolute atomic E-state index is 13.0. The Morgan fingerprint density at radius 3 is 2.26 bits per heavy atom. The SMILES string of the molecule is NC(=O)CCC(NC(=O)C(CO)NC(=O)C(N)Cc1ccc(O)cc1)C(=O)N1CCCC1C(=O)O. The molecular formula is C22H31N5O8. The molecule has 1 aliphatic heterocycles. The topological polar surface area (TPSA) is 225 Å². The fourth-order valence-corrected chi connectivity index (χ4v) is 3.76. The third-order valence-electron chi connectivity index (χ3n) is 5.66. The number of phenolic OH excluding ortho intramolecular Hbond substituents is 1. The van der Waals surface area contributed by atoms with Gasteiger partial charge in [0.05, 0.1) is 12.6 Å². The molecule has 13 nitrogen and oxygen atoms in total. The van der Waals surface area contributed by atoms with Gasteiger partial charge in [-0.25, -0.2) is 4.79 Å². The van der Waals surface area contributed by atoms with E-state index in [-0.39, 0.29) is 38.0 Å². The summed E-state index contributed by atoms with van der Waals surface area (Å²) in [7, 11) is 0. The molecule has 9 N–H and O–H groups in total. The summed E-state index contributed by atoms with van der Waals surface area (Å²) < 4.78 is 0. The van der Waals surface area contributed by atoms with Crippen molar-refractivity contribution in [3.63, 3.8) is 0 Å². The molecule has 0 radical (unpaired) electrons. The number of benzene rings is 1. The smallest absolute Gasteiger partial charge is 0.326 e. The van der Waals surface area contributed by atoms with Gasteiger partial charge < -0.3 is 42.3 Å². The Morgan fingerprint density at radius 1 is 1.06 bits per heavy atom. The van der Waals surface area contributed by atoms with E-state index in [0.29, 0.717) is 12.0 Å². The summed E-state index contributed by atoms with van der Waals surface area (Å²) >= 11 is 0. The number of aromatic hydroxyl groups is 1. The lowest BCUT2D eigenvalue weighted by molar-refractivity contribution is -0.149. The number of phenols is 1. The van der Waals surface area contributed by atoms with Crippen molar-refractivity contribution in [3.05, 3.63) is 29.8 Å². The van der Waals surface area contributed by atoms with Crippen LogP contribution in [0.15, 0.2) is 24.3 Å². The minimum Gasteiger partial charge on any atom is -0.508 e. The number of likely N-dealkylation sites (tertiary alicyclic amines) is 1. The van der Waals surface area contributed by atoms with Crippen LogP contribution in [-0.2, 0) is 30.4 Å². The van der Waals surface area contributed by atoms with E-state index in [1.54, 1.807) is 12.1 Å². The van der Waals surface area contributed by atoms with Gasteiger partial charge in [-0.3, -0.25) is 19.2 Å². The number of nitrogens with zero attached hydrogens (tertiary/aromatic N) is 1. The molecule has 4 atom stereocenters. The second-order valence-electron chi connectivity index (χ2n) is 8.31. The predicted molar refractivity (Wildman–Crippen MR) is 122 cm³/mol. The molecule has 1 aliphatic rings. The first-order valence-corrected chi connectivity index (χ1v) is 11.1. The van der Waals surface area contributed by atoms with Crippen LogP contribution < -0.4 is 22.1 Å². The van der Waals surface area contributed by atoms with Crippen LogP contribution in [0.25, 0.3) is 0 Å². The van der Waals surface area contributed by atoms with Gasteiger partial charge in [0.1, 0.15) is 23.9 Å². The molecule has 13 heteroatoms. The van der Waals surface area contributed by atoms with Crippen LogP contribution in [0.3, 0.4) is 0 Å². The molecule has 1 fully saturated rings. The number of carbonyl (C=O) groups is 5. The molecule has 0 spiro atoms. The van der Waals surface area contributed by atoms with Crippen LogP contribution in [0, 0.1) is 0 Å². The van der Waals surface area contributed by atoms with E-state index in [4.69, 9.17) is 11.5 Å². The average molecular weight is 494 g/mol. The average Bonchev–Trinajstić information content (AvgIpc) is 3.31. The second-order valence-corrected chi connectivity index (χ2v) is 8.31. The van der Waals surface area contributed by atoms with Crippen LogP contribution in [0.2, 0.25) is 0 Å². The summed E-state index contributed by atoms with van der Waals surface area (Å²) in [6.45, 7) is -0.632. The Labute approximate surface area is 201 Å². The van der Waals surface area contributed by atoms with Crippen molar-refractivity contribution in [3.8, 4) is 5.75 Å². The van der Waals surface area contributed by atoms with Crippen LogP contribution in [0.1, 0.15) is 31.2 Å². The number of aliphatic hydroxyl groups is 1. The molecule has 0 aromatic heterocycles. The van der Waals surface area contributed by atoms with Crippen LogP contribution in [-0.4, -0.2) is 87.1 Å². The van der Waals surface area contributed by atoms with Gasteiger partial charge in [0.25, 0.3) is 0 Å². The van der Waals surface area contributed by atoms with Gasteiger partial charge in [-0.1, -0.05) is 12.1 Å². The minimum absolute atomic E-state index is 0.0489. The monoisotopic (exact) mass is 493 g/mol.